The van der Waals surface area contributed by atoms with Crippen LogP contribution in [0.3, 0.4) is 0 Å². The van der Waals surface area contributed by atoms with Crippen LogP contribution in [0, 0.1) is 0 Å². The molecule has 0 fully saturated rings. The molecule has 0 radical (unpaired) electrons. The molecule has 3 unspecified atom stereocenters. The van der Waals surface area contributed by atoms with Gasteiger partial charge in [0.05, 0.1) is 0 Å². The number of carbonyl (C=O) groups is 7. The standard InChI is InChI=1S/2C17H32N2O4.C6H14N2O2/c2*1-2-3-4-5-6-7-8-9-10-11-16(21)19-14(17(22)23)12-13-15(18)20;7-4-2-1-3-5(8)6(9)10/h2*14H,2-13H2,1H3,(H2,18,20)(H,19,21)(H,22,23);5H,1-4,7-8H2,(H,9,10). The first-order chi connectivity index (χ1) is 26.6. The Bertz CT molecular complexity index is 995. The fourth-order valence-corrected chi connectivity index (χ4v) is 5.45. The number of hydrogen-bond acceptors (Lipinski definition) is 9. The van der Waals surface area contributed by atoms with Crippen molar-refractivity contribution in [3.05, 3.63) is 0 Å². The molecule has 0 rings (SSSR count). The lowest BCUT2D eigenvalue weighted by Gasteiger charge is -2.13. The second-order valence-corrected chi connectivity index (χ2v) is 14.3. The number of amides is 4. The normalized spacial score (nSPS) is 12.1. The maximum atomic E-state index is 11.7. The van der Waals surface area contributed by atoms with Crippen molar-refractivity contribution >= 4 is 41.5 Å². The molecule has 13 N–H and O–H groups in total. The molecular weight excluding hydrogens is 724 g/mol. The van der Waals surface area contributed by atoms with E-state index in [2.05, 4.69) is 24.5 Å². The van der Waals surface area contributed by atoms with Gasteiger partial charge in [0.25, 0.3) is 0 Å². The van der Waals surface area contributed by atoms with Crippen LogP contribution in [0.2, 0.25) is 0 Å². The number of carboxylic acid groups (broad SMARTS) is 3. The van der Waals surface area contributed by atoms with Crippen LogP contribution in [0.5, 0.6) is 0 Å². The number of primary amides is 2. The SMILES string of the molecule is CCCCCCCCCCCC(=O)NC(CCC(N)=O)C(=O)O.CCCCCCCCCCCC(=O)NC(CCC(N)=O)C(=O)O.NCCCCC(N)C(=O)O. The Morgan fingerprint density at radius 2 is 0.768 bits per heavy atom. The van der Waals surface area contributed by atoms with E-state index < -0.39 is 47.8 Å². The van der Waals surface area contributed by atoms with E-state index in [1.807, 2.05) is 0 Å². The zero-order chi connectivity index (χ0) is 43.0. The first kappa shape index (κ1) is 56.5. The summed E-state index contributed by atoms with van der Waals surface area (Å²) in [5, 5.41) is 31.2. The monoisotopic (exact) mass is 803 g/mol. The smallest absolute Gasteiger partial charge is 0.326 e. The molecule has 0 saturated heterocycles. The highest BCUT2D eigenvalue weighted by Crippen LogP contribution is 2.12. The molecule has 16 heteroatoms. The summed E-state index contributed by atoms with van der Waals surface area (Å²) in [5.74, 6) is -4.88. The van der Waals surface area contributed by atoms with E-state index in [9.17, 15) is 33.6 Å². The number of hydrogen-bond donors (Lipinski definition) is 9. The number of carbonyl (C=O) groups excluding carboxylic acids is 4. The Kier molecular flexibility index (Phi) is 41.3. The van der Waals surface area contributed by atoms with Crippen LogP contribution in [0.4, 0.5) is 0 Å². The maximum absolute atomic E-state index is 11.7. The molecule has 0 bridgehead atoms. The molecule has 56 heavy (non-hydrogen) atoms. The summed E-state index contributed by atoms with van der Waals surface area (Å²) in [6.07, 6.45) is 23.7. The van der Waals surface area contributed by atoms with Crippen LogP contribution >= 0.6 is 0 Å². The fraction of sp³-hybridized carbons (Fsp3) is 0.825. The lowest BCUT2D eigenvalue weighted by Crippen LogP contribution is -2.41. The number of aliphatic carboxylic acids is 3. The van der Waals surface area contributed by atoms with Crippen molar-refractivity contribution in [3.63, 3.8) is 0 Å². The number of nitrogens with one attached hydrogen (secondary N) is 2. The van der Waals surface area contributed by atoms with Crippen LogP contribution in [-0.4, -0.2) is 81.5 Å². The highest BCUT2D eigenvalue weighted by molar-refractivity contribution is 5.85. The number of unbranched alkanes of at least 4 members (excludes halogenated alkanes) is 17. The Hall–Kier alpha value is -3.79. The van der Waals surface area contributed by atoms with Crippen molar-refractivity contribution in [2.24, 2.45) is 22.9 Å². The van der Waals surface area contributed by atoms with Gasteiger partial charge >= 0.3 is 17.9 Å². The van der Waals surface area contributed by atoms with Crippen molar-refractivity contribution in [2.75, 3.05) is 6.54 Å². The lowest BCUT2D eigenvalue weighted by molar-refractivity contribution is -0.142. The van der Waals surface area contributed by atoms with Gasteiger partial charge in [-0.3, -0.25) is 24.0 Å². The summed E-state index contributed by atoms with van der Waals surface area (Å²) in [4.78, 5) is 77.0. The average Bonchev–Trinajstić information content (AvgIpc) is 3.13. The minimum atomic E-state index is -1.13. The van der Waals surface area contributed by atoms with Gasteiger partial charge in [-0.25, -0.2) is 9.59 Å². The molecule has 328 valence electrons. The molecule has 4 amide bonds. The molecule has 3 atom stereocenters. The summed E-state index contributed by atoms with van der Waals surface area (Å²) in [6.45, 7) is 5.01. The van der Waals surface area contributed by atoms with Crippen LogP contribution in [0.15, 0.2) is 0 Å². The quantitative estimate of drug-likeness (QED) is 0.0382. The van der Waals surface area contributed by atoms with Gasteiger partial charge in [0.1, 0.15) is 18.1 Å². The van der Waals surface area contributed by atoms with Gasteiger partial charge in [0, 0.05) is 25.7 Å². The molecule has 0 aromatic carbocycles. The second kappa shape index (κ2) is 40.9. The van der Waals surface area contributed by atoms with Gasteiger partial charge in [0.15, 0.2) is 0 Å². The van der Waals surface area contributed by atoms with Crippen molar-refractivity contribution in [1.82, 2.24) is 10.6 Å². The molecule has 0 heterocycles. The number of carboxylic acids is 3. The topological polar surface area (TPSA) is 308 Å². The molecule has 0 aliphatic rings. The summed E-state index contributed by atoms with van der Waals surface area (Å²) in [5.41, 5.74) is 20.4. The zero-order valence-electron chi connectivity index (χ0n) is 34.5. The Morgan fingerprint density at radius 1 is 0.446 bits per heavy atom. The summed E-state index contributed by atoms with van der Waals surface area (Å²) >= 11 is 0. The van der Waals surface area contributed by atoms with E-state index in [4.69, 9.17) is 38.3 Å². The maximum Gasteiger partial charge on any atom is 0.326 e. The lowest BCUT2D eigenvalue weighted by atomic mass is 10.1. The summed E-state index contributed by atoms with van der Waals surface area (Å²) in [6, 6.07) is -2.78. The van der Waals surface area contributed by atoms with Crippen molar-refractivity contribution in [2.45, 2.75) is 205 Å². The molecule has 16 nitrogen and oxygen atoms in total. The Morgan fingerprint density at radius 3 is 1.04 bits per heavy atom. The molecule has 0 spiro atoms. The highest BCUT2D eigenvalue weighted by Gasteiger charge is 2.21. The number of rotatable bonds is 35. The van der Waals surface area contributed by atoms with Crippen LogP contribution in [-0.2, 0) is 33.6 Å². The van der Waals surface area contributed by atoms with Crippen LogP contribution in [0.1, 0.15) is 187 Å². The highest BCUT2D eigenvalue weighted by atomic mass is 16.4. The minimum Gasteiger partial charge on any atom is -0.480 e. The Balaban J connectivity index is -0.000000810. The van der Waals surface area contributed by atoms with Crippen molar-refractivity contribution in [1.29, 1.82) is 0 Å². The third-order valence-corrected chi connectivity index (χ3v) is 8.93. The molecular formula is C40H78N6O10. The van der Waals surface area contributed by atoms with Gasteiger partial charge < -0.3 is 48.9 Å². The van der Waals surface area contributed by atoms with Gasteiger partial charge in [0.2, 0.25) is 23.6 Å². The largest absolute Gasteiger partial charge is 0.480 e. The first-order valence-corrected chi connectivity index (χ1v) is 20.9. The van der Waals surface area contributed by atoms with Crippen molar-refractivity contribution in [3.8, 4) is 0 Å². The van der Waals surface area contributed by atoms with Crippen LogP contribution < -0.4 is 33.6 Å². The molecule has 0 aliphatic carbocycles. The van der Waals surface area contributed by atoms with Crippen LogP contribution in [0.25, 0.3) is 0 Å². The van der Waals surface area contributed by atoms with E-state index in [0.29, 0.717) is 25.8 Å². The average molecular weight is 803 g/mol. The minimum absolute atomic E-state index is 0.0359. The zero-order valence-corrected chi connectivity index (χ0v) is 34.5. The third-order valence-electron chi connectivity index (χ3n) is 8.93. The third kappa shape index (κ3) is 42.9. The van der Waals surface area contributed by atoms with Crippen molar-refractivity contribution < 1.29 is 48.9 Å². The van der Waals surface area contributed by atoms with E-state index in [-0.39, 0.29) is 37.5 Å². The van der Waals surface area contributed by atoms with E-state index in [0.717, 1.165) is 51.4 Å². The predicted molar refractivity (Wildman–Crippen MR) is 218 cm³/mol. The summed E-state index contributed by atoms with van der Waals surface area (Å²) < 4.78 is 0. The molecule has 0 aromatic heterocycles. The first-order valence-electron chi connectivity index (χ1n) is 20.9. The van der Waals surface area contributed by atoms with Gasteiger partial charge in [-0.15, -0.1) is 0 Å². The fourth-order valence-electron chi connectivity index (χ4n) is 5.45. The van der Waals surface area contributed by atoms with E-state index in [1.165, 1.54) is 77.0 Å². The predicted octanol–water partition coefficient (Wildman–Crippen LogP) is 5.01. The molecule has 0 saturated carbocycles. The van der Waals surface area contributed by atoms with Gasteiger partial charge in [-0.1, -0.05) is 123 Å². The van der Waals surface area contributed by atoms with Gasteiger partial charge in [-0.05, 0) is 45.1 Å². The van der Waals surface area contributed by atoms with Gasteiger partial charge in [-0.2, -0.15) is 0 Å². The molecule has 0 aliphatic heterocycles. The summed E-state index contributed by atoms with van der Waals surface area (Å²) in [7, 11) is 0. The van der Waals surface area contributed by atoms with E-state index >= 15 is 0 Å². The van der Waals surface area contributed by atoms with E-state index in [1.54, 1.807) is 0 Å². The molecule has 0 aromatic rings. The second-order valence-electron chi connectivity index (χ2n) is 14.3. The number of nitrogens with two attached hydrogens (primary N) is 4. The Labute approximate surface area is 335 Å².